The number of benzene rings is 1. The van der Waals surface area contributed by atoms with Crippen LogP contribution in [-0.4, -0.2) is 40.5 Å². The van der Waals surface area contributed by atoms with E-state index in [4.69, 9.17) is 14.2 Å². The first-order chi connectivity index (χ1) is 9.35. The van der Waals surface area contributed by atoms with Crippen molar-refractivity contribution in [1.29, 1.82) is 0 Å². The van der Waals surface area contributed by atoms with Crippen LogP contribution in [0.4, 0.5) is 0 Å². The van der Waals surface area contributed by atoms with E-state index in [0.717, 1.165) is 18.0 Å². The number of quaternary nitrogens is 1. The quantitative estimate of drug-likeness (QED) is 0.838. The monoisotopic (exact) mass is 266 g/mol. The zero-order valence-corrected chi connectivity index (χ0v) is 11.9. The smallest absolute Gasteiger partial charge is 0.203 e. The van der Waals surface area contributed by atoms with E-state index in [0.29, 0.717) is 12.4 Å². The fourth-order valence-electron chi connectivity index (χ4n) is 2.56. The summed E-state index contributed by atoms with van der Waals surface area (Å²) in [6.45, 7) is 4.28. The van der Waals surface area contributed by atoms with Crippen molar-refractivity contribution in [1.82, 2.24) is 0 Å². The van der Waals surface area contributed by atoms with Crippen molar-refractivity contribution in [2.24, 2.45) is 0 Å². The van der Waals surface area contributed by atoms with Gasteiger partial charge in [0.05, 0.1) is 27.3 Å². The van der Waals surface area contributed by atoms with E-state index in [2.05, 4.69) is 0 Å². The van der Waals surface area contributed by atoms with Crippen LogP contribution in [0.1, 0.15) is 19.3 Å². The second-order valence-corrected chi connectivity index (χ2v) is 4.90. The van der Waals surface area contributed by atoms with Gasteiger partial charge in [0.25, 0.3) is 0 Å². The average Bonchev–Trinajstić information content (AvgIpc) is 2.48. The molecule has 4 heteroatoms. The lowest BCUT2D eigenvalue weighted by Crippen LogP contribution is -3.13. The number of methoxy groups -OCH3 is 2. The lowest BCUT2D eigenvalue weighted by molar-refractivity contribution is -0.904. The molecule has 4 nitrogen and oxygen atoms in total. The van der Waals surface area contributed by atoms with Crippen molar-refractivity contribution < 1.29 is 19.1 Å². The van der Waals surface area contributed by atoms with E-state index in [1.807, 2.05) is 18.2 Å². The van der Waals surface area contributed by atoms with Gasteiger partial charge in [-0.1, -0.05) is 6.07 Å². The van der Waals surface area contributed by atoms with Crippen LogP contribution in [0.5, 0.6) is 17.2 Å². The molecule has 1 aromatic rings. The van der Waals surface area contributed by atoms with Gasteiger partial charge in [-0.25, -0.2) is 0 Å². The molecule has 0 aromatic heterocycles. The Morgan fingerprint density at radius 1 is 1.00 bits per heavy atom. The molecular weight excluding hydrogens is 242 g/mol. The maximum atomic E-state index is 5.88. The van der Waals surface area contributed by atoms with E-state index in [1.165, 1.54) is 32.4 Å². The summed E-state index contributed by atoms with van der Waals surface area (Å²) in [5.41, 5.74) is 0. The predicted octanol–water partition coefficient (Wildman–Crippen LogP) is 1.15. The summed E-state index contributed by atoms with van der Waals surface area (Å²) in [6, 6.07) is 5.69. The summed E-state index contributed by atoms with van der Waals surface area (Å²) >= 11 is 0. The molecular formula is C15H24NO3+. The molecule has 1 aliphatic heterocycles. The molecule has 1 aliphatic rings. The second kappa shape index (κ2) is 7.24. The summed E-state index contributed by atoms with van der Waals surface area (Å²) in [4.78, 5) is 1.64. The van der Waals surface area contributed by atoms with Crippen LogP contribution < -0.4 is 19.1 Å². The largest absolute Gasteiger partial charge is 0.493 e. The first-order valence-electron chi connectivity index (χ1n) is 7.02. The molecule has 0 saturated carbocycles. The number of rotatable bonds is 6. The highest BCUT2D eigenvalue weighted by molar-refractivity contribution is 5.51. The van der Waals surface area contributed by atoms with Crippen LogP contribution in [0.15, 0.2) is 18.2 Å². The molecule has 106 valence electrons. The summed E-state index contributed by atoms with van der Waals surface area (Å²) in [6.07, 6.45) is 4.06. The molecule has 0 bridgehead atoms. The Kier molecular flexibility index (Phi) is 5.33. The maximum absolute atomic E-state index is 5.88. The Morgan fingerprint density at radius 2 is 1.63 bits per heavy atom. The molecule has 0 aliphatic carbocycles. The van der Waals surface area contributed by atoms with E-state index >= 15 is 0 Å². The summed E-state index contributed by atoms with van der Waals surface area (Å²) < 4.78 is 16.5. The molecule has 19 heavy (non-hydrogen) atoms. The van der Waals surface area contributed by atoms with Crippen molar-refractivity contribution in [3.63, 3.8) is 0 Å². The zero-order chi connectivity index (χ0) is 13.5. The van der Waals surface area contributed by atoms with Crippen LogP contribution in [0.25, 0.3) is 0 Å². The Balaban J connectivity index is 1.90. The summed E-state index contributed by atoms with van der Waals surface area (Å²) in [5.74, 6) is 2.17. The normalized spacial score (nSPS) is 16.1. The fourth-order valence-corrected chi connectivity index (χ4v) is 2.56. The lowest BCUT2D eigenvalue weighted by Gasteiger charge is -2.23. The fraction of sp³-hybridized carbons (Fsp3) is 0.600. The minimum Gasteiger partial charge on any atom is -0.493 e. The molecule has 1 N–H and O–H groups in total. The molecule has 0 amide bonds. The Hall–Kier alpha value is -1.42. The minimum atomic E-state index is 0.700. The number of hydrogen-bond acceptors (Lipinski definition) is 3. The molecule has 2 rings (SSSR count). The number of likely N-dealkylation sites (tertiary alicyclic amines) is 1. The summed E-state index contributed by atoms with van der Waals surface area (Å²) in [5, 5.41) is 0. The molecule has 1 saturated heterocycles. The minimum absolute atomic E-state index is 0.700. The number of hydrogen-bond donors (Lipinski definition) is 1. The SMILES string of the molecule is COc1cccc(OC)c1OCC[NH+]1CCCCC1. The van der Waals surface area contributed by atoms with E-state index in [1.54, 1.807) is 19.1 Å². The first-order valence-corrected chi connectivity index (χ1v) is 7.02. The third-order valence-electron chi connectivity index (χ3n) is 3.65. The van der Waals surface area contributed by atoms with E-state index < -0.39 is 0 Å². The van der Waals surface area contributed by atoms with Crippen molar-refractivity contribution >= 4 is 0 Å². The van der Waals surface area contributed by atoms with Gasteiger partial charge in [0.15, 0.2) is 11.5 Å². The number of para-hydroxylation sites is 1. The molecule has 0 spiro atoms. The number of piperidine rings is 1. The van der Waals surface area contributed by atoms with Crippen LogP contribution in [0.2, 0.25) is 0 Å². The number of ether oxygens (including phenoxy) is 3. The van der Waals surface area contributed by atoms with Crippen LogP contribution >= 0.6 is 0 Å². The summed E-state index contributed by atoms with van der Waals surface area (Å²) in [7, 11) is 3.30. The molecule has 1 fully saturated rings. The van der Waals surface area contributed by atoms with Crippen molar-refractivity contribution in [3.8, 4) is 17.2 Å². The van der Waals surface area contributed by atoms with Gasteiger partial charge in [0, 0.05) is 0 Å². The van der Waals surface area contributed by atoms with E-state index in [9.17, 15) is 0 Å². The first kappa shape index (κ1) is 14.0. The van der Waals surface area contributed by atoms with Crippen LogP contribution in [0, 0.1) is 0 Å². The van der Waals surface area contributed by atoms with Crippen molar-refractivity contribution in [2.45, 2.75) is 19.3 Å². The molecule has 1 heterocycles. The number of nitrogens with one attached hydrogen (secondary N) is 1. The Bertz CT molecular complexity index is 367. The molecule has 1 aromatic carbocycles. The Morgan fingerprint density at radius 3 is 2.21 bits per heavy atom. The standard InChI is InChI=1S/C15H23NO3/c1-17-13-7-6-8-14(18-2)15(13)19-12-11-16-9-4-3-5-10-16/h6-8H,3-5,9-12H2,1-2H3/p+1. The highest BCUT2D eigenvalue weighted by Gasteiger charge is 2.15. The van der Waals surface area contributed by atoms with Gasteiger partial charge in [-0.05, 0) is 31.4 Å². The van der Waals surface area contributed by atoms with Gasteiger partial charge >= 0.3 is 0 Å². The topological polar surface area (TPSA) is 32.1 Å². The van der Waals surface area contributed by atoms with Gasteiger partial charge < -0.3 is 19.1 Å². The van der Waals surface area contributed by atoms with Crippen LogP contribution in [0.3, 0.4) is 0 Å². The lowest BCUT2D eigenvalue weighted by atomic mass is 10.1. The van der Waals surface area contributed by atoms with Crippen molar-refractivity contribution in [3.05, 3.63) is 18.2 Å². The molecule has 0 unspecified atom stereocenters. The average molecular weight is 266 g/mol. The highest BCUT2D eigenvalue weighted by atomic mass is 16.5. The molecule has 0 radical (unpaired) electrons. The van der Waals surface area contributed by atoms with Gasteiger partial charge in [-0.3, -0.25) is 0 Å². The van der Waals surface area contributed by atoms with Gasteiger partial charge in [0.2, 0.25) is 5.75 Å². The van der Waals surface area contributed by atoms with Gasteiger partial charge in [-0.15, -0.1) is 0 Å². The third-order valence-corrected chi connectivity index (χ3v) is 3.65. The maximum Gasteiger partial charge on any atom is 0.203 e. The molecule has 0 atom stereocenters. The van der Waals surface area contributed by atoms with Gasteiger partial charge in [-0.2, -0.15) is 0 Å². The Labute approximate surface area is 115 Å². The third kappa shape index (κ3) is 3.77. The van der Waals surface area contributed by atoms with Crippen LogP contribution in [-0.2, 0) is 0 Å². The zero-order valence-electron chi connectivity index (χ0n) is 11.9. The van der Waals surface area contributed by atoms with Crippen molar-refractivity contribution in [2.75, 3.05) is 40.5 Å². The predicted molar refractivity (Wildman–Crippen MR) is 74.5 cm³/mol. The second-order valence-electron chi connectivity index (χ2n) is 4.90. The van der Waals surface area contributed by atoms with Gasteiger partial charge in [0.1, 0.15) is 13.2 Å². The highest BCUT2D eigenvalue weighted by Crippen LogP contribution is 2.36. The van der Waals surface area contributed by atoms with E-state index in [-0.39, 0.29) is 0 Å².